The molecule has 2 aromatic carbocycles. The first-order valence-electron chi connectivity index (χ1n) is 5.67. The summed E-state index contributed by atoms with van der Waals surface area (Å²) >= 11 is 8.98. The average Bonchev–Trinajstić information content (AvgIpc) is 2.40. The summed E-state index contributed by atoms with van der Waals surface area (Å²) in [5.74, 6) is -2.58. The number of carboxylic acid groups (broad SMARTS) is 1. The summed E-state index contributed by atoms with van der Waals surface area (Å²) in [7, 11) is 0. The molecule has 0 atom stereocenters. The second-order valence-corrected chi connectivity index (χ2v) is 5.40. The monoisotopic (exact) mass is 371 g/mol. The molecule has 0 aliphatic carbocycles. The first kappa shape index (κ1) is 15.5. The summed E-state index contributed by atoms with van der Waals surface area (Å²) in [5.41, 5.74) is -0.107. The molecule has 2 rings (SSSR count). The molecule has 0 saturated carbocycles. The third-order valence-electron chi connectivity index (χ3n) is 2.64. The fraction of sp³-hybridized carbons (Fsp3) is 0. The first-order chi connectivity index (χ1) is 9.88. The number of rotatable bonds is 3. The summed E-state index contributed by atoms with van der Waals surface area (Å²) in [6.45, 7) is 0. The van der Waals surface area contributed by atoms with E-state index in [2.05, 4.69) is 21.2 Å². The van der Waals surface area contributed by atoms with Gasteiger partial charge in [-0.2, -0.15) is 0 Å². The lowest BCUT2D eigenvalue weighted by Gasteiger charge is -2.09. The number of carboxylic acids is 1. The van der Waals surface area contributed by atoms with Gasteiger partial charge in [-0.25, -0.2) is 9.18 Å². The maximum atomic E-state index is 13.7. The number of amides is 1. The van der Waals surface area contributed by atoms with Gasteiger partial charge in [-0.1, -0.05) is 27.5 Å². The molecule has 0 aromatic heterocycles. The molecule has 7 heteroatoms. The van der Waals surface area contributed by atoms with E-state index in [-0.39, 0.29) is 21.8 Å². The molecule has 0 unspecified atom stereocenters. The maximum absolute atomic E-state index is 13.7. The van der Waals surface area contributed by atoms with Crippen LogP contribution in [0.4, 0.5) is 10.1 Å². The zero-order valence-electron chi connectivity index (χ0n) is 10.4. The first-order valence-corrected chi connectivity index (χ1v) is 6.85. The number of aromatic carboxylic acids is 1. The molecule has 0 fully saturated rings. The predicted octanol–water partition coefficient (Wildman–Crippen LogP) is 4.19. The standard InChI is InChI=1S/C14H8BrClFNO3/c15-8-2-3-9(11(17)6-8)13(19)18-12-5-7(14(20)21)1-4-10(12)16/h1-6H,(H,18,19)(H,20,21). The Morgan fingerprint density at radius 3 is 2.52 bits per heavy atom. The molecule has 1 amide bonds. The van der Waals surface area contributed by atoms with Crippen LogP contribution in [0.15, 0.2) is 40.9 Å². The van der Waals surface area contributed by atoms with Crippen molar-refractivity contribution in [3.63, 3.8) is 0 Å². The van der Waals surface area contributed by atoms with Crippen molar-refractivity contribution in [3.8, 4) is 0 Å². The van der Waals surface area contributed by atoms with Crippen molar-refractivity contribution in [2.24, 2.45) is 0 Å². The van der Waals surface area contributed by atoms with E-state index in [9.17, 15) is 14.0 Å². The third-order valence-corrected chi connectivity index (χ3v) is 3.46. The van der Waals surface area contributed by atoms with Crippen molar-refractivity contribution < 1.29 is 19.1 Å². The van der Waals surface area contributed by atoms with Gasteiger partial charge in [0.15, 0.2) is 0 Å². The number of benzene rings is 2. The Bertz CT molecular complexity index is 736. The van der Waals surface area contributed by atoms with Crippen LogP contribution in [0.2, 0.25) is 5.02 Å². The summed E-state index contributed by atoms with van der Waals surface area (Å²) < 4.78 is 14.2. The second kappa shape index (κ2) is 6.24. The lowest BCUT2D eigenvalue weighted by atomic mass is 10.1. The Morgan fingerprint density at radius 2 is 1.90 bits per heavy atom. The van der Waals surface area contributed by atoms with Crippen molar-refractivity contribution in [2.75, 3.05) is 5.32 Å². The Kier molecular flexibility index (Phi) is 4.59. The Hall–Kier alpha value is -1.92. The van der Waals surface area contributed by atoms with Gasteiger partial charge in [-0.05, 0) is 36.4 Å². The summed E-state index contributed by atoms with van der Waals surface area (Å²) in [6, 6.07) is 7.85. The van der Waals surface area contributed by atoms with Crippen LogP contribution in [-0.2, 0) is 0 Å². The van der Waals surface area contributed by atoms with E-state index in [1.54, 1.807) is 0 Å². The number of anilines is 1. The SMILES string of the molecule is O=C(O)c1ccc(Cl)c(NC(=O)c2ccc(Br)cc2F)c1. The molecule has 0 aliphatic rings. The molecule has 0 radical (unpaired) electrons. The number of carbonyl (C=O) groups is 2. The number of hydrogen-bond acceptors (Lipinski definition) is 2. The zero-order valence-corrected chi connectivity index (χ0v) is 12.7. The highest BCUT2D eigenvalue weighted by molar-refractivity contribution is 9.10. The lowest BCUT2D eigenvalue weighted by Crippen LogP contribution is -2.14. The van der Waals surface area contributed by atoms with Crippen molar-refractivity contribution in [2.45, 2.75) is 0 Å². The maximum Gasteiger partial charge on any atom is 0.335 e. The Balaban J connectivity index is 2.31. The molecule has 21 heavy (non-hydrogen) atoms. The van der Waals surface area contributed by atoms with Gasteiger partial charge in [0.25, 0.3) is 5.91 Å². The highest BCUT2D eigenvalue weighted by Gasteiger charge is 2.15. The van der Waals surface area contributed by atoms with E-state index in [0.29, 0.717) is 4.47 Å². The number of carbonyl (C=O) groups excluding carboxylic acids is 1. The highest BCUT2D eigenvalue weighted by Crippen LogP contribution is 2.24. The van der Waals surface area contributed by atoms with Crippen LogP contribution < -0.4 is 5.32 Å². The van der Waals surface area contributed by atoms with E-state index in [1.807, 2.05) is 0 Å². The van der Waals surface area contributed by atoms with Crippen molar-refractivity contribution in [1.29, 1.82) is 0 Å². The second-order valence-electron chi connectivity index (χ2n) is 4.08. The number of hydrogen-bond donors (Lipinski definition) is 2. The fourth-order valence-corrected chi connectivity index (χ4v) is 2.12. The molecule has 2 N–H and O–H groups in total. The minimum Gasteiger partial charge on any atom is -0.478 e. The van der Waals surface area contributed by atoms with Crippen LogP contribution in [0.1, 0.15) is 20.7 Å². The van der Waals surface area contributed by atoms with Gasteiger partial charge in [-0.15, -0.1) is 0 Å². The van der Waals surface area contributed by atoms with Gasteiger partial charge in [0, 0.05) is 4.47 Å². The van der Waals surface area contributed by atoms with Gasteiger partial charge < -0.3 is 10.4 Å². The van der Waals surface area contributed by atoms with Gasteiger partial charge >= 0.3 is 5.97 Å². The van der Waals surface area contributed by atoms with Crippen LogP contribution in [0.25, 0.3) is 0 Å². The molecule has 0 spiro atoms. The molecule has 4 nitrogen and oxygen atoms in total. The summed E-state index contributed by atoms with van der Waals surface area (Å²) in [5, 5.41) is 11.5. The van der Waals surface area contributed by atoms with Crippen molar-refractivity contribution in [3.05, 3.63) is 62.8 Å². The molecule has 0 bridgehead atoms. The molecule has 2 aromatic rings. The molecule has 0 heterocycles. The molecule has 108 valence electrons. The van der Waals surface area contributed by atoms with E-state index in [1.165, 1.54) is 30.3 Å². The fourth-order valence-electron chi connectivity index (χ4n) is 1.62. The van der Waals surface area contributed by atoms with Crippen LogP contribution in [0.5, 0.6) is 0 Å². The van der Waals surface area contributed by atoms with E-state index in [0.717, 1.165) is 6.07 Å². The highest BCUT2D eigenvalue weighted by atomic mass is 79.9. The smallest absolute Gasteiger partial charge is 0.335 e. The van der Waals surface area contributed by atoms with Crippen LogP contribution in [0.3, 0.4) is 0 Å². The number of nitrogens with one attached hydrogen (secondary N) is 1. The quantitative estimate of drug-likeness (QED) is 0.849. The van der Waals surface area contributed by atoms with E-state index in [4.69, 9.17) is 16.7 Å². The Morgan fingerprint density at radius 1 is 1.19 bits per heavy atom. The minimum atomic E-state index is -1.16. The largest absolute Gasteiger partial charge is 0.478 e. The predicted molar refractivity (Wildman–Crippen MR) is 80.5 cm³/mol. The zero-order chi connectivity index (χ0) is 15.6. The molecule has 0 saturated heterocycles. The van der Waals surface area contributed by atoms with Crippen LogP contribution in [0, 0.1) is 5.82 Å². The minimum absolute atomic E-state index is 0.0361. The number of halogens is 3. The molecule has 0 aliphatic heterocycles. The van der Waals surface area contributed by atoms with Crippen LogP contribution >= 0.6 is 27.5 Å². The van der Waals surface area contributed by atoms with Crippen molar-refractivity contribution >= 4 is 45.1 Å². The summed E-state index contributed by atoms with van der Waals surface area (Å²) in [4.78, 5) is 22.9. The van der Waals surface area contributed by atoms with E-state index < -0.39 is 17.7 Å². The van der Waals surface area contributed by atoms with Gasteiger partial charge in [0.2, 0.25) is 0 Å². The normalized spacial score (nSPS) is 10.2. The average molecular weight is 373 g/mol. The molecular weight excluding hydrogens is 365 g/mol. The topological polar surface area (TPSA) is 66.4 Å². The van der Waals surface area contributed by atoms with Crippen LogP contribution in [-0.4, -0.2) is 17.0 Å². The van der Waals surface area contributed by atoms with Gasteiger partial charge in [0.05, 0.1) is 21.8 Å². The lowest BCUT2D eigenvalue weighted by molar-refractivity contribution is 0.0696. The van der Waals surface area contributed by atoms with Crippen molar-refractivity contribution in [1.82, 2.24) is 0 Å². The van der Waals surface area contributed by atoms with E-state index >= 15 is 0 Å². The molecular formula is C14H8BrClFNO3. The summed E-state index contributed by atoms with van der Waals surface area (Å²) in [6.07, 6.45) is 0. The van der Waals surface area contributed by atoms with Gasteiger partial charge in [0.1, 0.15) is 5.82 Å². The Labute approximate surface area is 132 Å². The third kappa shape index (κ3) is 3.59. The van der Waals surface area contributed by atoms with Gasteiger partial charge in [-0.3, -0.25) is 4.79 Å².